The molecule has 78 valence electrons. The number of hydrogen-bond acceptors (Lipinski definition) is 4. The summed E-state index contributed by atoms with van der Waals surface area (Å²) in [5.41, 5.74) is 0. The van der Waals surface area contributed by atoms with Crippen LogP contribution in [0.15, 0.2) is 17.3 Å². The summed E-state index contributed by atoms with van der Waals surface area (Å²) in [5.74, 6) is -1.24. The van der Waals surface area contributed by atoms with Crippen molar-refractivity contribution in [1.29, 1.82) is 0 Å². The molecule has 0 atom stereocenters. The van der Waals surface area contributed by atoms with E-state index in [1.165, 1.54) is 10.9 Å². The maximum Gasteiger partial charge on any atom is 0.318 e. The molecule has 14 heavy (non-hydrogen) atoms. The van der Waals surface area contributed by atoms with Gasteiger partial charge in [-0.15, -0.1) is 0 Å². The van der Waals surface area contributed by atoms with Gasteiger partial charge in [-0.05, 0) is 0 Å². The summed E-state index contributed by atoms with van der Waals surface area (Å²) >= 11 is 0. The van der Waals surface area contributed by atoms with Crippen LogP contribution in [0.5, 0.6) is 0 Å². The number of hydrogen-bond donors (Lipinski definition) is 2. The van der Waals surface area contributed by atoms with Crippen molar-refractivity contribution in [3.05, 3.63) is 12.4 Å². The third-order valence-electron chi connectivity index (χ3n) is 1.40. The Morgan fingerprint density at radius 2 is 2.36 bits per heavy atom. The monoisotopic (exact) mass is 219 g/mol. The van der Waals surface area contributed by atoms with Crippen LogP contribution in [0, 0.1) is 0 Å². The molecular formula is C6H9N3O4S. The highest BCUT2D eigenvalue weighted by Gasteiger charge is 2.16. The third-order valence-corrected chi connectivity index (χ3v) is 2.76. The Kier molecular flexibility index (Phi) is 2.87. The number of carboxylic acids is 1. The Hall–Kier alpha value is -1.41. The van der Waals surface area contributed by atoms with Gasteiger partial charge in [0.2, 0.25) is 10.0 Å². The lowest BCUT2D eigenvalue weighted by Gasteiger charge is -1.99. The Balaban J connectivity index is 2.81. The maximum atomic E-state index is 11.3. The second-order valence-electron chi connectivity index (χ2n) is 2.57. The molecule has 0 unspecified atom stereocenters. The summed E-state index contributed by atoms with van der Waals surface area (Å²) in [6.07, 6.45) is 2.42. The van der Waals surface area contributed by atoms with Gasteiger partial charge < -0.3 is 5.11 Å². The zero-order valence-electron chi connectivity index (χ0n) is 7.34. The molecule has 7 nitrogen and oxygen atoms in total. The first-order valence-corrected chi connectivity index (χ1v) is 5.10. The summed E-state index contributed by atoms with van der Waals surface area (Å²) < 4.78 is 25.9. The van der Waals surface area contributed by atoms with Crippen LogP contribution in [0.2, 0.25) is 0 Å². The first-order valence-electron chi connectivity index (χ1n) is 3.62. The summed E-state index contributed by atoms with van der Waals surface area (Å²) in [6.45, 7) is -0.642. The van der Waals surface area contributed by atoms with E-state index in [2.05, 4.69) is 5.10 Å². The minimum absolute atomic E-state index is 0.0544. The number of aryl methyl sites for hydroxylation is 1. The Morgan fingerprint density at radius 3 is 2.79 bits per heavy atom. The fourth-order valence-corrected chi connectivity index (χ4v) is 1.74. The van der Waals surface area contributed by atoms with E-state index in [4.69, 9.17) is 5.11 Å². The molecule has 0 fully saturated rings. The van der Waals surface area contributed by atoms with Crippen LogP contribution < -0.4 is 4.72 Å². The lowest BCUT2D eigenvalue weighted by molar-refractivity contribution is -0.135. The van der Waals surface area contributed by atoms with E-state index in [0.717, 1.165) is 6.20 Å². The molecule has 1 aromatic rings. The molecule has 1 heterocycles. The minimum Gasteiger partial charge on any atom is -0.480 e. The maximum absolute atomic E-state index is 11.3. The number of sulfonamides is 1. The van der Waals surface area contributed by atoms with Gasteiger partial charge in [-0.1, -0.05) is 0 Å². The van der Waals surface area contributed by atoms with E-state index in [1.807, 2.05) is 4.72 Å². The van der Waals surface area contributed by atoms with Gasteiger partial charge in [0.05, 0.1) is 6.20 Å². The van der Waals surface area contributed by atoms with Crippen LogP contribution in [0.1, 0.15) is 0 Å². The van der Waals surface area contributed by atoms with Gasteiger partial charge in [-0.25, -0.2) is 8.42 Å². The minimum atomic E-state index is -3.75. The zero-order chi connectivity index (χ0) is 10.8. The van der Waals surface area contributed by atoms with Gasteiger partial charge in [0.25, 0.3) is 0 Å². The van der Waals surface area contributed by atoms with Gasteiger partial charge in [-0.3, -0.25) is 9.48 Å². The average molecular weight is 219 g/mol. The second-order valence-corrected chi connectivity index (χ2v) is 4.33. The Bertz CT molecular complexity index is 436. The highest BCUT2D eigenvalue weighted by molar-refractivity contribution is 7.89. The second kappa shape index (κ2) is 3.76. The van der Waals surface area contributed by atoms with Crippen molar-refractivity contribution in [3.63, 3.8) is 0 Å². The molecule has 2 N–H and O–H groups in total. The molecule has 0 aromatic carbocycles. The smallest absolute Gasteiger partial charge is 0.318 e. The van der Waals surface area contributed by atoms with E-state index in [-0.39, 0.29) is 4.90 Å². The number of carbonyl (C=O) groups is 1. The number of nitrogens with zero attached hydrogens (tertiary/aromatic N) is 2. The molecule has 0 radical (unpaired) electrons. The van der Waals surface area contributed by atoms with E-state index >= 15 is 0 Å². The van der Waals surface area contributed by atoms with Gasteiger partial charge in [0.15, 0.2) is 0 Å². The van der Waals surface area contributed by atoms with Crippen molar-refractivity contribution in [3.8, 4) is 0 Å². The average Bonchev–Trinajstić information content (AvgIpc) is 2.49. The quantitative estimate of drug-likeness (QED) is 0.661. The third kappa shape index (κ3) is 2.54. The molecule has 0 saturated carbocycles. The standard InChI is InChI=1S/C6H9N3O4S/c1-9-4-5(2-7-9)14(12,13)8-3-6(10)11/h2,4,8H,3H2,1H3,(H,10,11). The SMILES string of the molecule is Cn1cc(S(=O)(=O)NCC(=O)O)cn1. The van der Waals surface area contributed by atoms with Crippen molar-refractivity contribution in [2.24, 2.45) is 7.05 Å². The summed E-state index contributed by atoms with van der Waals surface area (Å²) in [5, 5.41) is 11.9. The van der Waals surface area contributed by atoms with Crippen molar-refractivity contribution in [2.75, 3.05) is 6.54 Å². The number of aromatic nitrogens is 2. The highest BCUT2D eigenvalue weighted by atomic mass is 32.2. The van der Waals surface area contributed by atoms with Gasteiger partial charge in [0, 0.05) is 13.2 Å². The number of carboxylic acid groups (broad SMARTS) is 1. The van der Waals surface area contributed by atoms with Crippen LogP contribution in [0.3, 0.4) is 0 Å². The van der Waals surface area contributed by atoms with Crippen LogP contribution >= 0.6 is 0 Å². The number of rotatable bonds is 4. The molecule has 0 bridgehead atoms. The summed E-state index contributed by atoms with van der Waals surface area (Å²) in [4.78, 5) is 10.1. The normalized spacial score (nSPS) is 11.5. The zero-order valence-corrected chi connectivity index (χ0v) is 8.15. The Labute approximate surface area is 80.4 Å². The molecule has 0 saturated heterocycles. The summed E-state index contributed by atoms with van der Waals surface area (Å²) in [7, 11) is -2.18. The molecule has 0 aliphatic carbocycles. The highest BCUT2D eigenvalue weighted by Crippen LogP contribution is 2.04. The molecule has 1 rings (SSSR count). The van der Waals surface area contributed by atoms with E-state index < -0.39 is 22.5 Å². The predicted molar refractivity (Wildman–Crippen MR) is 46.0 cm³/mol. The van der Waals surface area contributed by atoms with Gasteiger partial charge in [0.1, 0.15) is 11.4 Å². The van der Waals surface area contributed by atoms with Gasteiger partial charge >= 0.3 is 5.97 Å². The van der Waals surface area contributed by atoms with Crippen molar-refractivity contribution in [2.45, 2.75) is 4.90 Å². The fourth-order valence-electron chi connectivity index (χ4n) is 0.778. The van der Waals surface area contributed by atoms with E-state index in [1.54, 1.807) is 7.05 Å². The number of nitrogens with one attached hydrogen (secondary N) is 1. The van der Waals surface area contributed by atoms with Crippen LogP contribution in [0.4, 0.5) is 0 Å². The molecule has 0 aliphatic rings. The topological polar surface area (TPSA) is 101 Å². The largest absolute Gasteiger partial charge is 0.480 e. The van der Waals surface area contributed by atoms with Gasteiger partial charge in [-0.2, -0.15) is 9.82 Å². The Morgan fingerprint density at radius 1 is 1.71 bits per heavy atom. The molecule has 0 aliphatic heterocycles. The predicted octanol–water partition coefficient (Wildman–Crippen LogP) is -1.22. The van der Waals surface area contributed by atoms with E-state index in [0.29, 0.717) is 0 Å². The van der Waals surface area contributed by atoms with Crippen LogP contribution in [-0.2, 0) is 21.9 Å². The first kappa shape index (κ1) is 10.7. The molecule has 0 amide bonds. The lowest BCUT2D eigenvalue weighted by atomic mass is 10.7. The number of aliphatic carboxylic acids is 1. The molecular weight excluding hydrogens is 210 g/mol. The van der Waals surface area contributed by atoms with Crippen LogP contribution in [0.25, 0.3) is 0 Å². The fraction of sp³-hybridized carbons (Fsp3) is 0.333. The molecule has 0 spiro atoms. The van der Waals surface area contributed by atoms with Crippen molar-refractivity contribution >= 4 is 16.0 Å². The summed E-state index contributed by atoms with van der Waals surface area (Å²) in [6, 6.07) is 0. The molecule has 8 heteroatoms. The van der Waals surface area contributed by atoms with E-state index in [9.17, 15) is 13.2 Å². The molecule has 1 aromatic heterocycles. The first-order chi connectivity index (χ1) is 6.42. The van der Waals surface area contributed by atoms with Crippen LogP contribution in [-0.4, -0.2) is 35.8 Å². The lowest BCUT2D eigenvalue weighted by Crippen LogP contribution is -2.29. The van der Waals surface area contributed by atoms with Crippen molar-refractivity contribution in [1.82, 2.24) is 14.5 Å². The van der Waals surface area contributed by atoms with Crippen molar-refractivity contribution < 1.29 is 18.3 Å².